The summed E-state index contributed by atoms with van der Waals surface area (Å²) in [7, 11) is 1.86. The Hall–Kier alpha value is -3.35. The molecule has 0 aliphatic carbocycles. The van der Waals surface area contributed by atoms with Crippen LogP contribution in [0.1, 0.15) is 11.3 Å². The summed E-state index contributed by atoms with van der Waals surface area (Å²) in [6, 6.07) is 11.9. The Morgan fingerprint density at radius 1 is 1.16 bits per heavy atom. The molecule has 0 bridgehead atoms. The molecule has 2 N–H and O–H groups in total. The second-order valence-electron chi connectivity index (χ2n) is 5.83. The lowest BCUT2D eigenvalue weighted by atomic mass is 10.2. The molecular weight excluding hydrogens is 316 g/mol. The summed E-state index contributed by atoms with van der Waals surface area (Å²) >= 11 is 0. The standard InChI is InChI=1S/C18H18N6O/c1-12-5-3-6-13(9-12)21-16-15-11-20-24(2)17(15)23-18(22-16)19-10-14-7-4-8-25-14/h3-9,11H,10H2,1-2H3,(H2,19,21,22,23). The van der Waals surface area contributed by atoms with Crippen LogP contribution in [0.25, 0.3) is 11.0 Å². The van der Waals surface area contributed by atoms with Gasteiger partial charge in [0.25, 0.3) is 0 Å². The molecule has 0 fully saturated rings. The molecule has 0 spiro atoms. The molecule has 4 rings (SSSR count). The van der Waals surface area contributed by atoms with Crippen molar-refractivity contribution in [2.45, 2.75) is 13.5 Å². The second-order valence-corrected chi connectivity index (χ2v) is 5.83. The molecule has 25 heavy (non-hydrogen) atoms. The van der Waals surface area contributed by atoms with Crippen molar-refractivity contribution in [3.8, 4) is 0 Å². The molecule has 7 nitrogen and oxygen atoms in total. The van der Waals surface area contributed by atoms with Gasteiger partial charge in [-0.05, 0) is 36.8 Å². The molecular formula is C18H18N6O. The van der Waals surface area contributed by atoms with Crippen molar-refractivity contribution in [3.63, 3.8) is 0 Å². The van der Waals surface area contributed by atoms with Crippen LogP contribution in [0.5, 0.6) is 0 Å². The van der Waals surface area contributed by atoms with Crippen molar-refractivity contribution >= 4 is 28.5 Å². The molecule has 4 aromatic rings. The third-order valence-corrected chi connectivity index (χ3v) is 3.87. The van der Waals surface area contributed by atoms with Crippen molar-refractivity contribution in [3.05, 3.63) is 60.2 Å². The van der Waals surface area contributed by atoms with E-state index in [1.165, 1.54) is 5.56 Å². The van der Waals surface area contributed by atoms with Crippen LogP contribution >= 0.6 is 0 Å². The van der Waals surface area contributed by atoms with Gasteiger partial charge in [-0.1, -0.05) is 12.1 Å². The molecule has 0 aliphatic rings. The predicted molar refractivity (Wildman–Crippen MR) is 96.8 cm³/mol. The maximum atomic E-state index is 5.34. The number of aryl methyl sites for hydroxylation is 2. The highest BCUT2D eigenvalue weighted by atomic mass is 16.3. The van der Waals surface area contributed by atoms with E-state index in [4.69, 9.17) is 4.42 Å². The van der Waals surface area contributed by atoms with Crippen LogP contribution in [-0.4, -0.2) is 19.7 Å². The molecule has 126 valence electrons. The second kappa shape index (κ2) is 6.27. The number of hydrogen-bond donors (Lipinski definition) is 2. The van der Waals surface area contributed by atoms with Gasteiger partial charge in [-0.2, -0.15) is 15.1 Å². The molecule has 0 amide bonds. The van der Waals surface area contributed by atoms with E-state index < -0.39 is 0 Å². The summed E-state index contributed by atoms with van der Waals surface area (Å²) in [6.45, 7) is 2.57. The van der Waals surface area contributed by atoms with Crippen molar-refractivity contribution in [2.75, 3.05) is 10.6 Å². The van der Waals surface area contributed by atoms with Crippen molar-refractivity contribution in [2.24, 2.45) is 7.05 Å². The topological polar surface area (TPSA) is 80.8 Å². The van der Waals surface area contributed by atoms with Gasteiger partial charge in [-0.25, -0.2) is 0 Å². The Labute approximate surface area is 144 Å². The molecule has 0 radical (unpaired) electrons. The first-order valence-electron chi connectivity index (χ1n) is 7.99. The molecule has 0 atom stereocenters. The Balaban J connectivity index is 1.68. The monoisotopic (exact) mass is 334 g/mol. The number of benzene rings is 1. The van der Waals surface area contributed by atoms with E-state index in [2.05, 4.69) is 44.8 Å². The van der Waals surface area contributed by atoms with Crippen LogP contribution in [0.2, 0.25) is 0 Å². The van der Waals surface area contributed by atoms with Gasteiger partial charge in [0.2, 0.25) is 5.95 Å². The Morgan fingerprint density at radius 3 is 2.88 bits per heavy atom. The lowest BCUT2D eigenvalue weighted by Gasteiger charge is -2.10. The average molecular weight is 334 g/mol. The highest BCUT2D eigenvalue weighted by molar-refractivity contribution is 5.89. The van der Waals surface area contributed by atoms with Gasteiger partial charge in [-0.3, -0.25) is 4.68 Å². The summed E-state index contributed by atoms with van der Waals surface area (Å²) in [6.07, 6.45) is 3.41. The number of furan rings is 1. The van der Waals surface area contributed by atoms with Gasteiger partial charge < -0.3 is 15.1 Å². The fraction of sp³-hybridized carbons (Fsp3) is 0.167. The van der Waals surface area contributed by atoms with Crippen molar-refractivity contribution in [1.82, 2.24) is 19.7 Å². The minimum atomic E-state index is 0.514. The first-order chi connectivity index (χ1) is 12.2. The van der Waals surface area contributed by atoms with Gasteiger partial charge in [0, 0.05) is 12.7 Å². The van der Waals surface area contributed by atoms with Gasteiger partial charge in [0.1, 0.15) is 11.6 Å². The molecule has 3 heterocycles. The normalized spacial score (nSPS) is 11.0. The van der Waals surface area contributed by atoms with Crippen LogP contribution in [0.3, 0.4) is 0 Å². The summed E-state index contributed by atoms with van der Waals surface area (Å²) < 4.78 is 7.07. The molecule has 3 aromatic heterocycles. The highest BCUT2D eigenvalue weighted by Crippen LogP contribution is 2.25. The molecule has 7 heteroatoms. The van der Waals surface area contributed by atoms with Crippen LogP contribution in [0.15, 0.2) is 53.3 Å². The number of anilines is 3. The number of rotatable bonds is 5. The molecule has 0 unspecified atom stereocenters. The molecule has 0 saturated heterocycles. The van der Waals surface area contributed by atoms with E-state index in [0.717, 1.165) is 22.5 Å². The van der Waals surface area contributed by atoms with E-state index in [9.17, 15) is 0 Å². The fourth-order valence-corrected chi connectivity index (χ4v) is 2.64. The third kappa shape index (κ3) is 3.16. The number of nitrogens with one attached hydrogen (secondary N) is 2. The maximum absolute atomic E-state index is 5.34. The summed E-state index contributed by atoms with van der Waals surface area (Å²) in [5, 5.41) is 11.7. The Bertz CT molecular complexity index is 1010. The van der Waals surface area contributed by atoms with Gasteiger partial charge in [-0.15, -0.1) is 0 Å². The number of hydrogen-bond acceptors (Lipinski definition) is 6. The third-order valence-electron chi connectivity index (χ3n) is 3.87. The minimum Gasteiger partial charge on any atom is -0.467 e. The smallest absolute Gasteiger partial charge is 0.227 e. The molecule has 0 aliphatic heterocycles. The SMILES string of the molecule is Cc1cccc(Nc2nc(NCc3ccco3)nc3c2cnn3C)c1. The van der Waals surface area contributed by atoms with Crippen molar-refractivity contribution < 1.29 is 4.42 Å². The predicted octanol–water partition coefficient (Wildman–Crippen LogP) is 3.62. The maximum Gasteiger partial charge on any atom is 0.227 e. The van der Waals surface area contributed by atoms with Crippen LogP contribution in [0, 0.1) is 6.92 Å². The number of aromatic nitrogens is 4. The van der Waals surface area contributed by atoms with E-state index in [-0.39, 0.29) is 0 Å². The molecule has 1 aromatic carbocycles. The Morgan fingerprint density at radius 2 is 2.08 bits per heavy atom. The zero-order chi connectivity index (χ0) is 17.2. The number of nitrogens with zero attached hydrogens (tertiary/aromatic N) is 4. The van der Waals surface area contributed by atoms with E-state index >= 15 is 0 Å². The summed E-state index contributed by atoms with van der Waals surface area (Å²) in [5.74, 6) is 2.05. The van der Waals surface area contributed by atoms with Gasteiger partial charge in [0.15, 0.2) is 5.65 Å². The van der Waals surface area contributed by atoms with E-state index in [1.54, 1.807) is 17.1 Å². The number of fused-ring (bicyclic) bond motifs is 1. The zero-order valence-corrected chi connectivity index (χ0v) is 14.0. The first kappa shape index (κ1) is 15.2. The average Bonchev–Trinajstić information content (AvgIpc) is 3.24. The molecule has 0 saturated carbocycles. The van der Waals surface area contributed by atoms with E-state index in [0.29, 0.717) is 18.3 Å². The zero-order valence-electron chi connectivity index (χ0n) is 14.0. The van der Waals surface area contributed by atoms with Crippen molar-refractivity contribution in [1.29, 1.82) is 0 Å². The van der Waals surface area contributed by atoms with Gasteiger partial charge in [0.05, 0.1) is 24.4 Å². The van der Waals surface area contributed by atoms with Gasteiger partial charge >= 0.3 is 0 Å². The van der Waals surface area contributed by atoms with Crippen LogP contribution < -0.4 is 10.6 Å². The Kier molecular flexibility index (Phi) is 3.81. The summed E-state index contributed by atoms with van der Waals surface area (Å²) in [4.78, 5) is 9.16. The quantitative estimate of drug-likeness (QED) is 0.580. The van der Waals surface area contributed by atoms with Crippen LogP contribution in [0.4, 0.5) is 17.5 Å². The largest absolute Gasteiger partial charge is 0.467 e. The lowest BCUT2D eigenvalue weighted by Crippen LogP contribution is -2.06. The fourth-order valence-electron chi connectivity index (χ4n) is 2.64. The summed E-state index contributed by atoms with van der Waals surface area (Å²) in [5.41, 5.74) is 2.91. The lowest BCUT2D eigenvalue weighted by molar-refractivity contribution is 0.517. The minimum absolute atomic E-state index is 0.514. The highest BCUT2D eigenvalue weighted by Gasteiger charge is 2.12. The van der Waals surface area contributed by atoms with E-state index in [1.807, 2.05) is 31.3 Å². The van der Waals surface area contributed by atoms with Crippen LogP contribution in [-0.2, 0) is 13.6 Å². The first-order valence-corrected chi connectivity index (χ1v) is 7.99.